The SMILES string of the molecule is CC(=O)Nc1ccc(NC(=O)C(=O)NCC(=O)Nc2cccc(Cl)c2)cc1. The zero-order valence-corrected chi connectivity index (χ0v) is 15.1. The summed E-state index contributed by atoms with van der Waals surface area (Å²) in [6.07, 6.45) is 0. The quantitative estimate of drug-likeness (QED) is 0.586. The summed E-state index contributed by atoms with van der Waals surface area (Å²) in [5, 5.41) is 10.2. The number of hydrogen-bond acceptors (Lipinski definition) is 4. The number of carbonyl (C=O) groups is 4. The number of benzene rings is 2. The molecule has 0 heterocycles. The van der Waals surface area contributed by atoms with Gasteiger partial charge in [0, 0.05) is 29.0 Å². The third-order valence-corrected chi connectivity index (χ3v) is 3.42. The number of carbonyl (C=O) groups excluding carboxylic acids is 4. The van der Waals surface area contributed by atoms with Crippen LogP contribution in [-0.4, -0.2) is 30.2 Å². The molecule has 0 unspecified atom stereocenters. The van der Waals surface area contributed by atoms with Crippen molar-refractivity contribution in [2.75, 3.05) is 22.5 Å². The van der Waals surface area contributed by atoms with Crippen LogP contribution in [-0.2, 0) is 19.2 Å². The van der Waals surface area contributed by atoms with Gasteiger partial charge in [-0.15, -0.1) is 0 Å². The minimum absolute atomic E-state index is 0.220. The molecule has 2 rings (SSSR count). The van der Waals surface area contributed by atoms with Crippen LogP contribution in [0.1, 0.15) is 6.92 Å². The van der Waals surface area contributed by atoms with Gasteiger partial charge in [0.25, 0.3) is 0 Å². The van der Waals surface area contributed by atoms with Crippen molar-refractivity contribution in [2.24, 2.45) is 0 Å². The normalized spacial score (nSPS) is 9.85. The second-order valence-electron chi connectivity index (χ2n) is 5.45. The molecule has 140 valence electrons. The highest BCUT2D eigenvalue weighted by molar-refractivity contribution is 6.40. The van der Waals surface area contributed by atoms with E-state index in [9.17, 15) is 19.2 Å². The Labute approximate surface area is 160 Å². The van der Waals surface area contributed by atoms with Crippen LogP contribution in [0.4, 0.5) is 17.1 Å². The molecular formula is C18H17ClN4O4. The molecule has 0 spiro atoms. The van der Waals surface area contributed by atoms with Crippen molar-refractivity contribution in [3.63, 3.8) is 0 Å². The maximum atomic E-state index is 11.8. The molecule has 0 aliphatic rings. The highest BCUT2D eigenvalue weighted by atomic mass is 35.5. The number of amides is 4. The summed E-state index contributed by atoms with van der Waals surface area (Å²) in [4.78, 5) is 46.4. The monoisotopic (exact) mass is 388 g/mol. The van der Waals surface area contributed by atoms with Crippen molar-refractivity contribution in [1.29, 1.82) is 0 Å². The zero-order chi connectivity index (χ0) is 19.8. The number of nitrogens with one attached hydrogen (secondary N) is 4. The zero-order valence-electron chi connectivity index (χ0n) is 14.3. The van der Waals surface area contributed by atoms with Gasteiger partial charge in [0.05, 0.1) is 6.54 Å². The molecule has 0 saturated heterocycles. The molecule has 0 fully saturated rings. The molecule has 4 amide bonds. The van der Waals surface area contributed by atoms with Crippen LogP contribution in [0.15, 0.2) is 48.5 Å². The Kier molecular flexibility index (Phi) is 6.90. The fourth-order valence-electron chi connectivity index (χ4n) is 2.04. The van der Waals surface area contributed by atoms with E-state index in [1.807, 2.05) is 0 Å². The Morgan fingerprint density at radius 1 is 0.815 bits per heavy atom. The lowest BCUT2D eigenvalue weighted by Gasteiger charge is -2.08. The van der Waals surface area contributed by atoms with E-state index in [0.29, 0.717) is 22.1 Å². The van der Waals surface area contributed by atoms with Crippen LogP contribution >= 0.6 is 11.6 Å². The predicted molar refractivity (Wildman–Crippen MR) is 102 cm³/mol. The third kappa shape index (κ3) is 6.79. The van der Waals surface area contributed by atoms with Gasteiger partial charge in [-0.25, -0.2) is 0 Å². The summed E-state index contributed by atoms with van der Waals surface area (Å²) < 4.78 is 0. The highest BCUT2D eigenvalue weighted by Crippen LogP contribution is 2.15. The number of anilines is 3. The Balaban J connectivity index is 1.80. The Bertz CT molecular complexity index is 868. The Morgan fingerprint density at radius 2 is 1.44 bits per heavy atom. The molecule has 0 bridgehead atoms. The third-order valence-electron chi connectivity index (χ3n) is 3.19. The predicted octanol–water partition coefficient (Wildman–Crippen LogP) is 1.99. The molecule has 0 saturated carbocycles. The lowest BCUT2D eigenvalue weighted by Crippen LogP contribution is -2.39. The largest absolute Gasteiger partial charge is 0.339 e. The topological polar surface area (TPSA) is 116 Å². The summed E-state index contributed by atoms with van der Waals surface area (Å²) >= 11 is 5.81. The maximum absolute atomic E-state index is 11.8. The standard InChI is InChI=1S/C18H17ClN4O4/c1-11(24)21-13-5-7-14(8-6-13)23-18(27)17(26)20-10-16(25)22-15-4-2-3-12(19)9-15/h2-9H,10H2,1H3,(H,20,26)(H,21,24)(H,22,25)(H,23,27). The number of hydrogen-bond donors (Lipinski definition) is 4. The van der Waals surface area contributed by atoms with Crippen molar-refractivity contribution in [2.45, 2.75) is 6.92 Å². The van der Waals surface area contributed by atoms with Crippen molar-refractivity contribution in [3.05, 3.63) is 53.6 Å². The molecular weight excluding hydrogens is 372 g/mol. The molecule has 4 N–H and O–H groups in total. The van der Waals surface area contributed by atoms with E-state index in [1.165, 1.54) is 19.1 Å². The number of rotatable bonds is 5. The first-order valence-electron chi connectivity index (χ1n) is 7.86. The van der Waals surface area contributed by atoms with Gasteiger partial charge >= 0.3 is 11.8 Å². The average molecular weight is 389 g/mol. The number of halogens is 1. The van der Waals surface area contributed by atoms with Gasteiger partial charge in [-0.3, -0.25) is 19.2 Å². The van der Waals surface area contributed by atoms with Crippen LogP contribution in [0.2, 0.25) is 5.02 Å². The molecule has 2 aromatic rings. The van der Waals surface area contributed by atoms with E-state index >= 15 is 0 Å². The summed E-state index contributed by atoms with van der Waals surface area (Å²) in [6, 6.07) is 12.7. The summed E-state index contributed by atoms with van der Waals surface area (Å²) in [5.74, 6) is -2.60. The summed E-state index contributed by atoms with van der Waals surface area (Å²) in [6.45, 7) is 1.00. The summed E-state index contributed by atoms with van der Waals surface area (Å²) in [7, 11) is 0. The minimum atomic E-state index is -0.956. The van der Waals surface area contributed by atoms with Gasteiger partial charge < -0.3 is 21.3 Å². The smallest absolute Gasteiger partial charge is 0.313 e. The molecule has 9 heteroatoms. The van der Waals surface area contributed by atoms with E-state index in [-0.39, 0.29) is 12.5 Å². The van der Waals surface area contributed by atoms with Crippen molar-refractivity contribution in [3.8, 4) is 0 Å². The molecule has 2 aromatic carbocycles. The fourth-order valence-corrected chi connectivity index (χ4v) is 2.23. The second-order valence-corrected chi connectivity index (χ2v) is 5.89. The highest BCUT2D eigenvalue weighted by Gasteiger charge is 2.15. The van der Waals surface area contributed by atoms with Crippen LogP contribution in [0.5, 0.6) is 0 Å². The molecule has 0 aliphatic carbocycles. The van der Waals surface area contributed by atoms with Crippen LogP contribution in [0.25, 0.3) is 0 Å². The first-order chi connectivity index (χ1) is 12.8. The van der Waals surface area contributed by atoms with E-state index in [2.05, 4.69) is 21.3 Å². The van der Waals surface area contributed by atoms with Gasteiger partial charge in [0.2, 0.25) is 11.8 Å². The minimum Gasteiger partial charge on any atom is -0.339 e. The lowest BCUT2D eigenvalue weighted by molar-refractivity contribution is -0.136. The van der Waals surface area contributed by atoms with Gasteiger partial charge in [-0.1, -0.05) is 17.7 Å². The molecule has 27 heavy (non-hydrogen) atoms. The van der Waals surface area contributed by atoms with Crippen LogP contribution in [0.3, 0.4) is 0 Å². The van der Waals surface area contributed by atoms with E-state index < -0.39 is 17.7 Å². The first kappa shape index (κ1) is 19.9. The molecule has 0 atom stereocenters. The Hall–Kier alpha value is -3.39. The van der Waals surface area contributed by atoms with Gasteiger partial charge in [0.15, 0.2) is 0 Å². The van der Waals surface area contributed by atoms with Crippen LogP contribution < -0.4 is 21.3 Å². The first-order valence-corrected chi connectivity index (χ1v) is 8.23. The lowest BCUT2D eigenvalue weighted by atomic mass is 10.2. The van der Waals surface area contributed by atoms with Crippen LogP contribution in [0, 0.1) is 0 Å². The second kappa shape index (κ2) is 9.35. The van der Waals surface area contributed by atoms with Crippen molar-refractivity contribution < 1.29 is 19.2 Å². The molecule has 0 radical (unpaired) electrons. The average Bonchev–Trinajstić information content (AvgIpc) is 2.61. The fraction of sp³-hybridized carbons (Fsp3) is 0.111. The van der Waals surface area contributed by atoms with Gasteiger partial charge in [0.1, 0.15) is 0 Å². The van der Waals surface area contributed by atoms with Crippen molar-refractivity contribution >= 4 is 52.3 Å². The van der Waals surface area contributed by atoms with E-state index in [0.717, 1.165) is 0 Å². The van der Waals surface area contributed by atoms with Gasteiger partial charge in [-0.05, 0) is 42.5 Å². The van der Waals surface area contributed by atoms with E-state index in [1.54, 1.807) is 36.4 Å². The van der Waals surface area contributed by atoms with Gasteiger partial charge in [-0.2, -0.15) is 0 Å². The molecule has 8 nitrogen and oxygen atoms in total. The molecule has 0 aliphatic heterocycles. The van der Waals surface area contributed by atoms with Crippen molar-refractivity contribution in [1.82, 2.24) is 5.32 Å². The van der Waals surface area contributed by atoms with E-state index in [4.69, 9.17) is 11.6 Å². The summed E-state index contributed by atoms with van der Waals surface area (Å²) in [5.41, 5.74) is 1.40. The Morgan fingerprint density at radius 3 is 2.04 bits per heavy atom. The molecule has 0 aromatic heterocycles. The maximum Gasteiger partial charge on any atom is 0.313 e.